The van der Waals surface area contributed by atoms with Crippen LogP contribution in [-0.2, 0) is 14.3 Å². The number of anilines is 6. The van der Waals surface area contributed by atoms with E-state index in [0.717, 1.165) is 57.2 Å². The molecule has 5 nitrogen and oxygen atoms in total. The van der Waals surface area contributed by atoms with Gasteiger partial charge in [-0.3, -0.25) is 4.79 Å². The molecule has 6 aromatic carbocycles. The molecule has 1 saturated heterocycles. The summed E-state index contributed by atoms with van der Waals surface area (Å²) in [6.07, 6.45) is 0.655. The molecule has 5 heteroatoms. The van der Waals surface area contributed by atoms with Crippen LogP contribution in [0.1, 0.15) is 42.9 Å². The lowest BCUT2D eigenvalue weighted by Crippen LogP contribution is -2.40. The smallest absolute Gasteiger partial charge is 0.313 e. The summed E-state index contributed by atoms with van der Waals surface area (Å²) < 4.78 is 11.1. The number of para-hydroxylation sites is 1. The Morgan fingerprint density at radius 1 is 0.588 bits per heavy atom. The second-order valence-electron chi connectivity index (χ2n) is 13.4. The monoisotopic (exact) mass is 672 g/mol. The quantitative estimate of drug-likeness (QED) is 0.136. The first kappa shape index (κ1) is 33.8. The number of aryl methyl sites for hydroxylation is 2. The van der Waals surface area contributed by atoms with Crippen molar-refractivity contribution in [3.05, 3.63) is 168 Å². The minimum atomic E-state index is -0.308. The van der Waals surface area contributed by atoms with Gasteiger partial charge in [0.05, 0.1) is 12.0 Å². The van der Waals surface area contributed by atoms with E-state index >= 15 is 0 Å². The Kier molecular flexibility index (Phi) is 10.0. The van der Waals surface area contributed by atoms with Crippen LogP contribution in [-0.4, -0.2) is 18.9 Å². The molecule has 3 unspecified atom stereocenters. The molecular weight excluding hydrogens is 629 g/mol. The number of hydrogen-bond acceptors (Lipinski definition) is 5. The van der Waals surface area contributed by atoms with Crippen molar-refractivity contribution >= 4 is 40.1 Å². The van der Waals surface area contributed by atoms with Gasteiger partial charge < -0.3 is 19.3 Å². The number of cyclic esters (lactones) is 1. The van der Waals surface area contributed by atoms with Crippen LogP contribution < -0.4 is 9.80 Å². The minimum Gasteiger partial charge on any atom is -0.438 e. The first-order valence-electron chi connectivity index (χ1n) is 17.8. The van der Waals surface area contributed by atoms with Crippen LogP contribution in [0.5, 0.6) is 0 Å². The van der Waals surface area contributed by atoms with Crippen molar-refractivity contribution in [1.82, 2.24) is 0 Å². The van der Waals surface area contributed by atoms with Crippen molar-refractivity contribution in [2.45, 2.75) is 46.1 Å². The van der Waals surface area contributed by atoms with E-state index in [1.165, 1.54) is 11.1 Å². The predicted molar refractivity (Wildman–Crippen MR) is 209 cm³/mol. The highest BCUT2D eigenvalue weighted by atomic mass is 16.7. The fourth-order valence-corrected chi connectivity index (χ4v) is 7.18. The molecule has 0 N–H and O–H groups in total. The molecule has 0 amide bonds. The van der Waals surface area contributed by atoms with Crippen LogP contribution in [0.2, 0.25) is 0 Å². The first-order chi connectivity index (χ1) is 24.9. The van der Waals surface area contributed by atoms with Crippen LogP contribution in [0.4, 0.5) is 34.1 Å². The molecule has 6 aromatic rings. The highest BCUT2D eigenvalue weighted by Crippen LogP contribution is 2.40. The van der Waals surface area contributed by atoms with Gasteiger partial charge in [0.1, 0.15) is 0 Å². The SMILES string of the molecule is CCC(c1ccc(N(c2ccc(-c3ccc(N(c4ccccc4)c4cccc(C)c4)cc3)cc2)c2cccc(C)c2)cc1)C1OCOC(=O)C1C. The van der Waals surface area contributed by atoms with E-state index in [4.69, 9.17) is 9.47 Å². The normalized spacial score (nSPS) is 16.3. The summed E-state index contributed by atoms with van der Waals surface area (Å²) in [6, 6.07) is 54.0. The lowest BCUT2D eigenvalue weighted by Gasteiger charge is -2.34. The number of esters is 1. The van der Waals surface area contributed by atoms with Crippen LogP contribution in [0.15, 0.2) is 152 Å². The van der Waals surface area contributed by atoms with E-state index in [0.29, 0.717) is 0 Å². The maximum absolute atomic E-state index is 12.3. The molecule has 1 aliphatic rings. The molecule has 3 atom stereocenters. The third-order valence-electron chi connectivity index (χ3n) is 9.86. The summed E-state index contributed by atoms with van der Waals surface area (Å²) in [5, 5.41) is 0. The maximum atomic E-state index is 12.3. The van der Waals surface area contributed by atoms with Crippen molar-refractivity contribution < 1.29 is 14.3 Å². The van der Waals surface area contributed by atoms with Gasteiger partial charge in [-0.25, -0.2) is 0 Å². The molecule has 0 aromatic heterocycles. The Hall–Kier alpha value is -5.65. The molecule has 0 aliphatic carbocycles. The molecule has 1 aliphatic heterocycles. The van der Waals surface area contributed by atoms with Gasteiger partial charge in [0.15, 0.2) is 6.79 Å². The highest BCUT2D eigenvalue weighted by molar-refractivity contribution is 5.81. The fraction of sp³-hybridized carbons (Fsp3) is 0.196. The number of hydrogen-bond donors (Lipinski definition) is 0. The van der Waals surface area contributed by atoms with Crippen molar-refractivity contribution in [3.63, 3.8) is 0 Å². The summed E-state index contributed by atoms with van der Waals surface area (Å²) in [5.74, 6) is -0.405. The number of nitrogens with zero attached hydrogens (tertiary/aromatic N) is 2. The van der Waals surface area contributed by atoms with Gasteiger partial charge in [-0.1, -0.05) is 85.8 Å². The lowest BCUT2D eigenvalue weighted by molar-refractivity contribution is -0.195. The largest absolute Gasteiger partial charge is 0.438 e. The number of rotatable bonds is 10. The lowest BCUT2D eigenvalue weighted by atomic mass is 9.84. The van der Waals surface area contributed by atoms with E-state index < -0.39 is 0 Å². The third-order valence-corrected chi connectivity index (χ3v) is 9.86. The van der Waals surface area contributed by atoms with Crippen LogP contribution in [0.25, 0.3) is 11.1 Å². The maximum Gasteiger partial charge on any atom is 0.313 e. The molecule has 256 valence electrons. The van der Waals surface area contributed by atoms with Gasteiger partial charge >= 0.3 is 5.97 Å². The van der Waals surface area contributed by atoms with Gasteiger partial charge in [-0.15, -0.1) is 0 Å². The molecule has 0 bridgehead atoms. The highest BCUT2D eigenvalue weighted by Gasteiger charge is 2.36. The van der Waals surface area contributed by atoms with Crippen LogP contribution in [0, 0.1) is 19.8 Å². The van der Waals surface area contributed by atoms with E-state index in [1.807, 2.05) is 6.92 Å². The zero-order valence-electron chi connectivity index (χ0n) is 29.7. The third kappa shape index (κ3) is 7.30. The molecule has 1 fully saturated rings. The summed E-state index contributed by atoms with van der Waals surface area (Å²) in [4.78, 5) is 16.9. The van der Waals surface area contributed by atoms with Crippen molar-refractivity contribution in [3.8, 4) is 11.1 Å². The average Bonchev–Trinajstić information content (AvgIpc) is 3.16. The Morgan fingerprint density at radius 3 is 1.51 bits per heavy atom. The summed E-state index contributed by atoms with van der Waals surface area (Å²) in [6.45, 7) is 8.31. The standard InChI is InChI=1S/C46H44N2O3/c1-5-44(45-34(4)46(49)51-31-50-45)37-21-27-41(28-22-37)48(43-16-10-12-33(3)30-43)40-25-19-36(20-26-40)35-17-23-39(24-18-35)47(38-13-7-6-8-14-38)42-15-9-11-32(2)29-42/h6-30,34,44-45H,5,31H2,1-4H3. The topological polar surface area (TPSA) is 42.0 Å². The van der Waals surface area contributed by atoms with Gasteiger partial charge in [0, 0.05) is 40.0 Å². The first-order valence-corrected chi connectivity index (χ1v) is 17.8. The van der Waals surface area contributed by atoms with Gasteiger partial charge in [0.25, 0.3) is 0 Å². The number of carbonyl (C=O) groups excluding carboxylic acids is 1. The predicted octanol–water partition coefficient (Wildman–Crippen LogP) is 11.9. The molecule has 0 radical (unpaired) electrons. The van der Waals surface area contributed by atoms with Crippen LogP contribution in [0.3, 0.4) is 0 Å². The summed E-state index contributed by atoms with van der Waals surface area (Å²) in [7, 11) is 0. The van der Waals surface area contributed by atoms with Gasteiger partial charge in [-0.2, -0.15) is 0 Å². The van der Waals surface area contributed by atoms with Gasteiger partial charge in [0.2, 0.25) is 0 Å². The zero-order chi connectivity index (χ0) is 35.3. The molecule has 0 saturated carbocycles. The molecule has 1 heterocycles. The Balaban J connectivity index is 1.17. The van der Waals surface area contributed by atoms with Crippen molar-refractivity contribution in [2.24, 2.45) is 5.92 Å². The number of ether oxygens (including phenoxy) is 2. The van der Waals surface area contributed by atoms with Crippen LogP contribution >= 0.6 is 0 Å². The molecule has 0 spiro atoms. The van der Waals surface area contributed by atoms with E-state index in [9.17, 15) is 4.79 Å². The second kappa shape index (κ2) is 15.1. The second-order valence-corrected chi connectivity index (χ2v) is 13.4. The average molecular weight is 673 g/mol. The van der Waals surface area contributed by atoms with E-state index in [2.05, 4.69) is 182 Å². The van der Waals surface area contributed by atoms with E-state index in [-0.39, 0.29) is 30.7 Å². The summed E-state index contributed by atoms with van der Waals surface area (Å²) >= 11 is 0. The summed E-state index contributed by atoms with van der Waals surface area (Å²) in [5.41, 5.74) is 12.5. The molecule has 51 heavy (non-hydrogen) atoms. The van der Waals surface area contributed by atoms with Crippen molar-refractivity contribution in [1.29, 1.82) is 0 Å². The Bertz CT molecular complexity index is 2080. The molecular formula is C46H44N2O3. The fourth-order valence-electron chi connectivity index (χ4n) is 7.18. The number of benzene rings is 6. The van der Waals surface area contributed by atoms with Gasteiger partial charge in [-0.05, 0) is 128 Å². The number of carbonyl (C=O) groups is 1. The Labute approximate surface area is 301 Å². The van der Waals surface area contributed by atoms with E-state index in [1.54, 1.807) is 0 Å². The zero-order valence-corrected chi connectivity index (χ0v) is 29.7. The Morgan fingerprint density at radius 2 is 1.04 bits per heavy atom. The molecule has 7 rings (SSSR count). The minimum absolute atomic E-state index is 0.0171. The van der Waals surface area contributed by atoms with Crippen molar-refractivity contribution in [2.75, 3.05) is 16.6 Å².